The van der Waals surface area contributed by atoms with Gasteiger partial charge >= 0.3 is 11.8 Å². The number of para-hydroxylation sites is 1. The molecule has 1 aliphatic rings. The average molecular weight is 350 g/mol. The first-order chi connectivity index (χ1) is 12.5. The molecule has 0 saturated carbocycles. The summed E-state index contributed by atoms with van der Waals surface area (Å²) >= 11 is 0. The number of nitrogens with zero attached hydrogens (tertiary/aromatic N) is 2. The third-order valence-electron chi connectivity index (χ3n) is 4.84. The van der Waals surface area contributed by atoms with E-state index in [0.717, 1.165) is 17.7 Å². The van der Waals surface area contributed by atoms with Crippen molar-refractivity contribution in [3.8, 4) is 0 Å². The zero-order valence-electron chi connectivity index (χ0n) is 15.5. The highest BCUT2D eigenvalue weighted by atomic mass is 16.2. The number of anilines is 1. The second-order valence-electron chi connectivity index (χ2n) is 7.37. The van der Waals surface area contributed by atoms with Gasteiger partial charge in [-0.15, -0.1) is 0 Å². The Labute approximate surface area is 155 Å². The van der Waals surface area contributed by atoms with Crippen LogP contribution in [-0.4, -0.2) is 29.8 Å². The summed E-state index contributed by atoms with van der Waals surface area (Å²) in [7, 11) is 0. The fourth-order valence-electron chi connectivity index (χ4n) is 3.73. The normalized spacial score (nSPS) is 19.8. The Bertz CT molecular complexity index is 735. The van der Waals surface area contributed by atoms with Crippen LogP contribution in [0.3, 0.4) is 0 Å². The van der Waals surface area contributed by atoms with Gasteiger partial charge in [-0.3, -0.25) is 14.5 Å². The van der Waals surface area contributed by atoms with E-state index in [1.807, 2.05) is 60.7 Å². The van der Waals surface area contributed by atoms with Crippen LogP contribution in [0.5, 0.6) is 0 Å². The Morgan fingerprint density at radius 1 is 0.923 bits per heavy atom. The molecule has 4 heteroatoms. The number of hydrogen-bond acceptors (Lipinski definition) is 2. The third kappa shape index (κ3) is 4.31. The van der Waals surface area contributed by atoms with Gasteiger partial charge in [-0.05, 0) is 36.0 Å². The molecule has 0 N–H and O–H groups in total. The van der Waals surface area contributed by atoms with Crippen LogP contribution in [0.4, 0.5) is 5.69 Å². The molecule has 136 valence electrons. The van der Waals surface area contributed by atoms with Gasteiger partial charge in [-0.1, -0.05) is 62.4 Å². The first-order valence-electron chi connectivity index (χ1n) is 9.24. The molecule has 2 unspecified atom stereocenters. The molecule has 0 aliphatic carbocycles. The summed E-state index contributed by atoms with van der Waals surface area (Å²) in [6.07, 6.45) is 1.10. The topological polar surface area (TPSA) is 40.6 Å². The molecule has 1 aliphatic heterocycles. The molecule has 2 aromatic carbocycles. The quantitative estimate of drug-likeness (QED) is 0.792. The average Bonchev–Trinajstić information content (AvgIpc) is 2.66. The molecule has 1 heterocycles. The summed E-state index contributed by atoms with van der Waals surface area (Å²) in [6, 6.07) is 19.2. The second kappa shape index (κ2) is 8.17. The summed E-state index contributed by atoms with van der Waals surface area (Å²) in [5.41, 5.74) is 1.74. The van der Waals surface area contributed by atoms with Crippen LogP contribution < -0.4 is 4.90 Å². The Morgan fingerprint density at radius 2 is 1.46 bits per heavy atom. The molecule has 1 saturated heterocycles. The molecule has 0 bridgehead atoms. The highest BCUT2D eigenvalue weighted by Crippen LogP contribution is 2.23. The zero-order valence-corrected chi connectivity index (χ0v) is 15.5. The Hall–Kier alpha value is -2.62. The molecule has 0 aromatic heterocycles. The number of amides is 2. The maximum absolute atomic E-state index is 13.1. The van der Waals surface area contributed by atoms with Crippen LogP contribution in [0.15, 0.2) is 60.7 Å². The number of likely N-dealkylation sites (tertiary alicyclic amines) is 1. The maximum Gasteiger partial charge on any atom is 0.316 e. The first-order valence-corrected chi connectivity index (χ1v) is 9.24. The Morgan fingerprint density at radius 3 is 2.04 bits per heavy atom. The van der Waals surface area contributed by atoms with Gasteiger partial charge in [-0.25, -0.2) is 0 Å². The van der Waals surface area contributed by atoms with Crippen molar-refractivity contribution in [3.05, 3.63) is 66.2 Å². The van der Waals surface area contributed by atoms with Crippen LogP contribution in [0.2, 0.25) is 0 Å². The highest BCUT2D eigenvalue weighted by molar-refractivity contribution is 6.40. The van der Waals surface area contributed by atoms with Crippen LogP contribution in [-0.2, 0) is 16.1 Å². The molecule has 26 heavy (non-hydrogen) atoms. The number of rotatable bonds is 3. The second-order valence-corrected chi connectivity index (χ2v) is 7.37. The van der Waals surface area contributed by atoms with Crippen molar-refractivity contribution < 1.29 is 9.59 Å². The van der Waals surface area contributed by atoms with E-state index in [2.05, 4.69) is 13.8 Å². The predicted octanol–water partition coefficient (Wildman–Crippen LogP) is 3.72. The van der Waals surface area contributed by atoms with Crippen molar-refractivity contribution in [3.63, 3.8) is 0 Å². The molecular weight excluding hydrogens is 324 g/mol. The van der Waals surface area contributed by atoms with Gasteiger partial charge in [-0.2, -0.15) is 0 Å². The molecule has 2 atom stereocenters. The van der Waals surface area contributed by atoms with Gasteiger partial charge in [0.25, 0.3) is 0 Å². The van der Waals surface area contributed by atoms with E-state index in [1.54, 1.807) is 9.80 Å². The van der Waals surface area contributed by atoms with Gasteiger partial charge < -0.3 is 4.90 Å². The Balaban J connectivity index is 1.83. The Kier molecular flexibility index (Phi) is 5.71. The van der Waals surface area contributed by atoms with E-state index in [9.17, 15) is 9.59 Å². The van der Waals surface area contributed by atoms with Crippen molar-refractivity contribution in [1.82, 2.24) is 4.90 Å². The molecule has 0 spiro atoms. The van der Waals surface area contributed by atoms with E-state index in [1.165, 1.54) is 0 Å². The van der Waals surface area contributed by atoms with Gasteiger partial charge in [0.2, 0.25) is 0 Å². The molecule has 0 radical (unpaired) electrons. The van der Waals surface area contributed by atoms with Crippen LogP contribution >= 0.6 is 0 Å². The summed E-state index contributed by atoms with van der Waals surface area (Å²) < 4.78 is 0. The largest absolute Gasteiger partial charge is 0.334 e. The molecule has 2 amide bonds. The summed E-state index contributed by atoms with van der Waals surface area (Å²) in [5, 5.41) is 0. The lowest BCUT2D eigenvalue weighted by atomic mass is 9.92. The van der Waals surface area contributed by atoms with Crippen LogP contribution in [0, 0.1) is 11.8 Å². The number of piperidine rings is 1. The summed E-state index contributed by atoms with van der Waals surface area (Å²) in [4.78, 5) is 29.3. The van der Waals surface area contributed by atoms with Crippen molar-refractivity contribution in [2.45, 2.75) is 26.8 Å². The number of hydrogen-bond donors (Lipinski definition) is 0. The van der Waals surface area contributed by atoms with Crippen LogP contribution in [0.25, 0.3) is 0 Å². The molecule has 2 aromatic rings. The van der Waals surface area contributed by atoms with Gasteiger partial charge in [0.1, 0.15) is 0 Å². The van der Waals surface area contributed by atoms with E-state index < -0.39 is 11.8 Å². The molecule has 1 fully saturated rings. The number of carbonyl (C=O) groups excluding carboxylic acids is 2. The zero-order chi connectivity index (χ0) is 18.5. The van der Waals surface area contributed by atoms with E-state index in [4.69, 9.17) is 0 Å². The van der Waals surface area contributed by atoms with Gasteiger partial charge in [0.15, 0.2) is 0 Å². The first kappa shape index (κ1) is 18.2. The molecular formula is C22H26N2O2. The lowest BCUT2D eigenvalue weighted by molar-refractivity contribution is -0.146. The standard InChI is InChI=1S/C22H26N2O2/c1-17-13-18(2)15-23(14-17)21(25)22(26)24(20-11-7-4-8-12-20)16-19-9-5-3-6-10-19/h3-12,17-18H,13-16H2,1-2H3. The smallest absolute Gasteiger partial charge is 0.316 e. The van der Waals surface area contributed by atoms with Crippen molar-refractivity contribution in [1.29, 1.82) is 0 Å². The van der Waals surface area contributed by atoms with E-state index in [-0.39, 0.29) is 0 Å². The predicted molar refractivity (Wildman–Crippen MR) is 104 cm³/mol. The highest BCUT2D eigenvalue weighted by Gasteiger charge is 2.32. The molecule has 4 nitrogen and oxygen atoms in total. The summed E-state index contributed by atoms with van der Waals surface area (Å²) in [6.45, 7) is 5.97. The lowest BCUT2D eigenvalue weighted by Crippen LogP contribution is -2.50. The third-order valence-corrected chi connectivity index (χ3v) is 4.84. The van der Waals surface area contributed by atoms with E-state index >= 15 is 0 Å². The SMILES string of the molecule is CC1CC(C)CN(C(=O)C(=O)N(Cc2ccccc2)c2ccccc2)C1. The summed E-state index contributed by atoms with van der Waals surface area (Å²) in [5.74, 6) is -0.00543. The minimum atomic E-state index is -0.457. The van der Waals surface area contributed by atoms with Crippen molar-refractivity contribution in [2.24, 2.45) is 11.8 Å². The minimum Gasteiger partial charge on any atom is -0.334 e. The fraction of sp³-hybridized carbons (Fsp3) is 0.364. The monoisotopic (exact) mass is 350 g/mol. The lowest BCUT2D eigenvalue weighted by Gasteiger charge is -2.35. The van der Waals surface area contributed by atoms with Crippen molar-refractivity contribution in [2.75, 3.05) is 18.0 Å². The van der Waals surface area contributed by atoms with Crippen LogP contribution in [0.1, 0.15) is 25.8 Å². The maximum atomic E-state index is 13.1. The number of benzene rings is 2. The minimum absolute atomic E-state index is 0.383. The molecule has 3 rings (SSSR count). The van der Waals surface area contributed by atoms with Crippen molar-refractivity contribution >= 4 is 17.5 Å². The fourth-order valence-corrected chi connectivity index (χ4v) is 3.73. The van der Waals surface area contributed by atoms with Gasteiger partial charge in [0.05, 0.1) is 6.54 Å². The van der Waals surface area contributed by atoms with Gasteiger partial charge in [0, 0.05) is 18.8 Å². The van der Waals surface area contributed by atoms with E-state index in [0.29, 0.717) is 31.5 Å². The number of carbonyl (C=O) groups is 2.